The molecule has 0 amide bonds. The van der Waals surface area contributed by atoms with Crippen LogP contribution in [0.5, 0.6) is 5.19 Å². The van der Waals surface area contributed by atoms with Crippen molar-refractivity contribution in [3.8, 4) is 5.19 Å². The predicted molar refractivity (Wildman–Crippen MR) is 119 cm³/mol. The molecule has 170 valence electrons. The molecule has 0 bridgehead atoms. The van der Waals surface area contributed by atoms with Crippen molar-refractivity contribution in [3.05, 3.63) is 58.6 Å². The number of halogens is 3. The summed E-state index contributed by atoms with van der Waals surface area (Å²) in [5.41, 5.74) is 1.59. The van der Waals surface area contributed by atoms with Gasteiger partial charge in [0.2, 0.25) is 0 Å². The molecule has 1 aromatic heterocycles. The SMILES string of the molecule is O=C(CCCCCN1CCc2sc(OCC(F)(F)F)nc2C1)c1ccc2ccccc2c1. The maximum Gasteiger partial charge on any atom is 0.422 e. The van der Waals surface area contributed by atoms with E-state index in [1.165, 1.54) is 11.3 Å². The topological polar surface area (TPSA) is 42.4 Å². The van der Waals surface area contributed by atoms with Crippen LogP contribution in [0, 0.1) is 0 Å². The normalized spacial score (nSPS) is 14.5. The fourth-order valence-corrected chi connectivity index (χ4v) is 4.84. The molecule has 8 heteroatoms. The summed E-state index contributed by atoms with van der Waals surface area (Å²) in [4.78, 5) is 20.0. The number of nitrogens with zero attached hydrogens (tertiary/aromatic N) is 2. The van der Waals surface area contributed by atoms with E-state index < -0.39 is 12.8 Å². The monoisotopic (exact) mass is 462 g/mol. The van der Waals surface area contributed by atoms with Crippen LogP contribution >= 0.6 is 11.3 Å². The van der Waals surface area contributed by atoms with Gasteiger partial charge in [-0.05, 0) is 42.6 Å². The summed E-state index contributed by atoms with van der Waals surface area (Å²) in [7, 11) is 0. The molecule has 0 saturated carbocycles. The van der Waals surface area contributed by atoms with Gasteiger partial charge < -0.3 is 4.74 Å². The fourth-order valence-electron chi connectivity index (χ4n) is 3.93. The van der Waals surface area contributed by atoms with Gasteiger partial charge in [0, 0.05) is 30.0 Å². The van der Waals surface area contributed by atoms with Gasteiger partial charge in [-0.2, -0.15) is 13.2 Å². The van der Waals surface area contributed by atoms with Gasteiger partial charge in [0.05, 0.1) is 5.69 Å². The number of rotatable bonds is 9. The lowest BCUT2D eigenvalue weighted by atomic mass is 10.0. The molecular formula is C24H25F3N2O2S. The van der Waals surface area contributed by atoms with Crippen molar-refractivity contribution in [3.63, 3.8) is 0 Å². The van der Waals surface area contributed by atoms with Gasteiger partial charge in [-0.3, -0.25) is 9.69 Å². The molecule has 0 spiro atoms. The highest BCUT2D eigenvalue weighted by atomic mass is 32.1. The van der Waals surface area contributed by atoms with Gasteiger partial charge in [0.25, 0.3) is 5.19 Å². The van der Waals surface area contributed by atoms with Crippen molar-refractivity contribution in [2.45, 2.75) is 44.8 Å². The standard InChI is InChI=1S/C24H25F3N2O2S/c25-24(26,27)16-31-23-28-20-15-29(13-11-22(20)32-23)12-5-1-2-8-21(30)19-10-9-17-6-3-4-7-18(17)14-19/h3-4,6-7,9-10,14H,1-2,5,8,11-13,15-16H2. The number of unbranched alkanes of at least 4 members (excludes halogenated alkanes) is 2. The Labute approximate surface area is 189 Å². The van der Waals surface area contributed by atoms with Crippen molar-refractivity contribution < 1.29 is 22.7 Å². The molecule has 0 aliphatic carbocycles. The summed E-state index contributed by atoms with van der Waals surface area (Å²) in [6, 6.07) is 13.9. The molecule has 2 aromatic carbocycles. The van der Waals surface area contributed by atoms with Crippen molar-refractivity contribution in [1.82, 2.24) is 9.88 Å². The van der Waals surface area contributed by atoms with Crippen LogP contribution in [0.2, 0.25) is 0 Å². The molecule has 32 heavy (non-hydrogen) atoms. The third kappa shape index (κ3) is 6.07. The van der Waals surface area contributed by atoms with Crippen molar-refractivity contribution in [2.24, 2.45) is 0 Å². The van der Waals surface area contributed by atoms with E-state index in [0.717, 1.165) is 65.7 Å². The number of hydrogen-bond donors (Lipinski definition) is 0. The molecule has 0 atom stereocenters. The molecule has 2 heterocycles. The molecule has 0 radical (unpaired) electrons. The van der Waals surface area contributed by atoms with Crippen molar-refractivity contribution in [1.29, 1.82) is 0 Å². The van der Waals surface area contributed by atoms with E-state index >= 15 is 0 Å². The van der Waals surface area contributed by atoms with E-state index in [1.54, 1.807) is 0 Å². The first-order valence-corrected chi connectivity index (χ1v) is 11.6. The lowest BCUT2D eigenvalue weighted by Gasteiger charge is -2.25. The van der Waals surface area contributed by atoms with Crippen LogP contribution in [0.1, 0.15) is 46.6 Å². The molecule has 0 fully saturated rings. The highest BCUT2D eigenvalue weighted by Crippen LogP contribution is 2.31. The first kappa shape index (κ1) is 22.7. The molecule has 0 saturated heterocycles. The molecule has 0 N–H and O–H groups in total. The Kier molecular flexibility index (Phi) is 7.10. The second-order valence-electron chi connectivity index (χ2n) is 8.08. The maximum absolute atomic E-state index is 12.5. The van der Waals surface area contributed by atoms with Crippen LogP contribution in [0.25, 0.3) is 10.8 Å². The number of ether oxygens (including phenoxy) is 1. The smallest absolute Gasteiger partial charge is 0.422 e. The van der Waals surface area contributed by atoms with E-state index in [-0.39, 0.29) is 11.0 Å². The Hall–Kier alpha value is -2.45. The Morgan fingerprint density at radius 3 is 2.72 bits per heavy atom. The minimum atomic E-state index is -4.35. The van der Waals surface area contributed by atoms with E-state index in [2.05, 4.69) is 9.88 Å². The van der Waals surface area contributed by atoms with Gasteiger partial charge in [0.15, 0.2) is 12.4 Å². The zero-order valence-corrected chi connectivity index (χ0v) is 18.5. The second kappa shape index (κ2) is 10.0. The zero-order valence-electron chi connectivity index (χ0n) is 17.7. The summed E-state index contributed by atoms with van der Waals surface area (Å²) in [6.07, 6.45) is -0.260. The first-order valence-electron chi connectivity index (χ1n) is 10.8. The lowest BCUT2D eigenvalue weighted by molar-refractivity contribution is -0.153. The Balaban J connectivity index is 1.18. The number of carbonyl (C=O) groups is 1. The van der Waals surface area contributed by atoms with E-state index in [4.69, 9.17) is 4.74 Å². The number of benzene rings is 2. The molecule has 3 aromatic rings. The minimum absolute atomic E-state index is 0.0985. The van der Waals surface area contributed by atoms with Crippen LogP contribution in [0.15, 0.2) is 42.5 Å². The Morgan fingerprint density at radius 2 is 1.91 bits per heavy atom. The maximum atomic E-state index is 12.5. The van der Waals surface area contributed by atoms with Crippen molar-refractivity contribution in [2.75, 3.05) is 19.7 Å². The largest absolute Gasteiger partial charge is 0.460 e. The van der Waals surface area contributed by atoms with Crippen LogP contribution in [-0.2, 0) is 13.0 Å². The lowest BCUT2D eigenvalue weighted by Crippen LogP contribution is -2.31. The summed E-state index contributed by atoms with van der Waals surface area (Å²) < 4.78 is 41.7. The van der Waals surface area contributed by atoms with Gasteiger partial charge in [0.1, 0.15) is 0 Å². The molecular weight excluding hydrogens is 437 g/mol. The van der Waals surface area contributed by atoms with Crippen LogP contribution < -0.4 is 4.74 Å². The van der Waals surface area contributed by atoms with Gasteiger partial charge in [-0.25, -0.2) is 4.98 Å². The number of thiazole rings is 1. The molecule has 1 aliphatic rings. The number of ketones is 1. The highest BCUT2D eigenvalue weighted by molar-refractivity contribution is 7.13. The number of fused-ring (bicyclic) bond motifs is 2. The third-order valence-electron chi connectivity index (χ3n) is 5.60. The molecule has 0 unspecified atom stereocenters. The number of hydrogen-bond acceptors (Lipinski definition) is 5. The first-order chi connectivity index (χ1) is 15.4. The van der Waals surface area contributed by atoms with E-state index in [1.807, 2.05) is 42.5 Å². The van der Waals surface area contributed by atoms with Gasteiger partial charge in [-0.1, -0.05) is 54.2 Å². The number of alkyl halides is 3. The molecule has 4 rings (SSSR count). The quantitative estimate of drug-likeness (QED) is 0.287. The third-order valence-corrected chi connectivity index (χ3v) is 6.67. The number of carbonyl (C=O) groups excluding carboxylic acids is 1. The number of aromatic nitrogens is 1. The average Bonchev–Trinajstić information content (AvgIpc) is 3.19. The van der Waals surface area contributed by atoms with Crippen LogP contribution in [0.4, 0.5) is 13.2 Å². The molecule has 4 nitrogen and oxygen atoms in total. The van der Waals surface area contributed by atoms with Crippen LogP contribution in [0.3, 0.4) is 0 Å². The highest BCUT2D eigenvalue weighted by Gasteiger charge is 2.30. The second-order valence-corrected chi connectivity index (χ2v) is 9.12. The number of Topliss-reactive ketones (excluding diaryl/α,β-unsaturated/α-hetero) is 1. The van der Waals surface area contributed by atoms with E-state index in [0.29, 0.717) is 13.0 Å². The summed E-state index contributed by atoms with van der Waals surface area (Å²) in [5.74, 6) is 0.173. The summed E-state index contributed by atoms with van der Waals surface area (Å²) in [5, 5.41) is 2.31. The predicted octanol–water partition coefficient (Wildman–Crippen LogP) is 6.04. The van der Waals surface area contributed by atoms with Gasteiger partial charge >= 0.3 is 6.18 Å². The fraction of sp³-hybridized carbons (Fsp3) is 0.417. The van der Waals surface area contributed by atoms with E-state index in [9.17, 15) is 18.0 Å². The zero-order chi connectivity index (χ0) is 22.6. The summed E-state index contributed by atoms with van der Waals surface area (Å²) in [6.45, 7) is 1.09. The Bertz CT molecular complexity index is 1080. The minimum Gasteiger partial charge on any atom is -0.460 e. The van der Waals surface area contributed by atoms with Crippen LogP contribution in [-0.4, -0.2) is 41.5 Å². The van der Waals surface area contributed by atoms with Gasteiger partial charge in [-0.15, -0.1) is 0 Å². The molecule has 1 aliphatic heterocycles. The average molecular weight is 463 g/mol. The summed E-state index contributed by atoms with van der Waals surface area (Å²) >= 11 is 1.21. The van der Waals surface area contributed by atoms with Crippen molar-refractivity contribution >= 4 is 27.9 Å². The Morgan fingerprint density at radius 1 is 1.09 bits per heavy atom.